The molecule has 2 aliphatic rings. The van der Waals surface area contributed by atoms with Crippen molar-refractivity contribution in [2.75, 3.05) is 14.1 Å². The van der Waals surface area contributed by atoms with E-state index in [-0.39, 0.29) is 12.5 Å². The topological polar surface area (TPSA) is 59.0 Å². The highest BCUT2D eigenvalue weighted by molar-refractivity contribution is 5.91. The first-order chi connectivity index (χ1) is 11.6. The number of aliphatic hydroxyl groups excluding tert-OH is 1. The second kappa shape index (κ2) is 7.36. The van der Waals surface area contributed by atoms with Crippen LogP contribution in [-0.4, -0.2) is 36.3 Å². The number of likely N-dealkylation sites (N-methyl/N-ethyl adjacent to an activating group) is 1. The summed E-state index contributed by atoms with van der Waals surface area (Å²) in [6.07, 6.45) is 4.83. The summed E-state index contributed by atoms with van der Waals surface area (Å²) in [6, 6.07) is 7.64. The van der Waals surface area contributed by atoms with Crippen molar-refractivity contribution in [2.45, 2.75) is 38.8 Å². The van der Waals surface area contributed by atoms with Crippen molar-refractivity contribution in [3.8, 4) is 0 Å². The zero-order chi connectivity index (χ0) is 17.1. The smallest absolute Gasteiger partial charge is 0.288 e. The number of allylic oxidation sites excluding steroid dienone is 1. The lowest BCUT2D eigenvalue weighted by Crippen LogP contribution is -2.33. The normalized spacial score (nSPS) is 23.4. The van der Waals surface area contributed by atoms with Gasteiger partial charge in [0, 0.05) is 20.5 Å². The van der Waals surface area contributed by atoms with Gasteiger partial charge in [0.05, 0.1) is 13.2 Å². The molecule has 0 bridgehead atoms. The number of carbonyl (C=O) groups is 1. The highest BCUT2D eigenvalue weighted by Gasteiger charge is 2.37. The summed E-state index contributed by atoms with van der Waals surface area (Å²) in [4.78, 5) is 13.8. The van der Waals surface area contributed by atoms with Gasteiger partial charge in [-0.05, 0) is 41.9 Å². The molecule has 1 N–H and O–H groups in total. The molecule has 2 atom stereocenters. The fraction of sp³-hybridized carbons (Fsp3) is 0.526. The van der Waals surface area contributed by atoms with Gasteiger partial charge in [-0.3, -0.25) is 4.79 Å². The largest absolute Gasteiger partial charge is 0.459 e. The Balaban J connectivity index is 1.62. The molecule has 1 amide bonds. The third-order valence-corrected chi connectivity index (χ3v) is 4.57. The lowest BCUT2D eigenvalue weighted by Gasteiger charge is -2.30. The summed E-state index contributed by atoms with van der Waals surface area (Å²) >= 11 is 0. The van der Waals surface area contributed by atoms with E-state index in [4.69, 9.17) is 14.6 Å². The molecular formula is C19H25NO4. The Morgan fingerprint density at radius 2 is 1.92 bits per heavy atom. The maximum absolute atomic E-state index is 12.2. The van der Waals surface area contributed by atoms with Crippen LogP contribution in [0.1, 0.15) is 30.4 Å². The molecule has 1 saturated carbocycles. The molecule has 0 saturated heterocycles. The van der Waals surface area contributed by atoms with E-state index in [2.05, 4.69) is 0 Å². The standard InChI is InChI=1S/C19H25NO4/c1-20(2)19(22)17-9-16(15-7-8-15)10-18(24-17)23-12-14-5-3-13(11-21)4-6-14/h3-6,9,15-16,18,21H,7-8,10-12H2,1-2H3/t16-,18+/m1/s1. The number of rotatable bonds is 6. The summed E-state index contributed by atoms with van der Waals surface area (Å²) in [6.45, 7) is 0.466. The molecular weight excluding hydrogens is 306 g/mol. The van der Waals surface area contributed by atoms with Crippen molar-refractivity contribution >= 4 is 5.91 Å². The van der Waals surface area contributed by atoms with E-state index in [0.29, 0.717) is 24.2 Å². The highest BCUT2D eigenvalue weighted by atomic mass is 16.7. The minimum Gasteiger partial charge on any atom is -0.459 e. The molecule has 0 spiro atoms. The van der Waals surface area contributed by atoms with Crippen LogP contribution in [0.15, 0.2) is 36.1 Å². The van der Waals surface area contributed by atoms with Gasteiger partial charge in [-0.1, -0.05) is 24.3 Å². The van der Waals surface area contributed by atoms with Gasteiger partial charge in [0.25, 0.3) is 5.91 Å². The van der Waals surface area contributed by atoms with Gasteiger partial charge < -0.3 is 19.5 Å². The maximum atomic E-state index is 12.2. The number of benzene rings is 1. The Kier molecular flexibility index (Phi) is 5.21. The second-order valence-electron chi connectivity index (χ2n) is 6.80. The summed E-state index contributed by atoms with van der Waals surface area (Å²) in [5, 5.41) is 9.08. The van der Waals surface area contributed by atoms with Crippen molar-refractivity contribution in [1.82, 2.24) is 4.90 Å². The first kappa shape index (κ1) is 17.0. The molecule has 5 nitrogen and oxygen atoms in total. The van der Waals surface area contributed by atoms with Crippen LogP contribution in [0.5, 0.6) is 0 Å². The Labute approximate surface area is 142 Å². The molecule has 0 radical (unpaired) electrons. The second-order valence-corrected chi connectivity index (χ2v) is 6.80. The first-order valence-electron chi connectivity index (χ1n) is 8.47. The number of nitrogens with zero attached hydrogens (tertiary/aromatic N) is 1. The van der Waals surface area contributed by atoms with E-state index in [1.165, 1.54) is 17.7 Å². The Bertz CT molecular complexity index is 604. The quantitative estimate of drug-likeness (QED) is 0.870. The predicted octanol–water partition coefficient (Wildman–Crippen LogP) is 2.44. The van der Waals surface area contributed by atoms with E-state index in [1.807, 2.05) is 30.3 Å². The number of amides is 1. The highest BCUT2D eigenvalue weighted by Crippen LogP contribution is 2.43. The zero-order valence-corrected chi connectivity index (χ0v) is 14.3. The average Bonchev–Trinajstić information content (AvgIpc) is 3.44. The lowest BCUT2D eigenvalue weighted by atomic mass is 9.96. The number of carbonyl (C=O) groups excluding carboxylic acids is 1. The molecule has 1 aromatic rings. The molecule has 0 aromatic heterocycles. The predicted molar refractivity (Wildman–Crippen MR) is 89.6 cm³/mol. The van der Waals surface area contributed by atoms with E-state index in [0.717, 1.165) is 17.5 Å². The summed E-state index contributed by atoms with van der Waals surface area (Å²) in [7, 11) is 3.46. The molecule has 0 unspecified atom stereocenters. The molecule has 5 heteroatoms. The molecule has 24 heavy (non-hydrogen) atoms. The minimum absolute atomic E-state index is 0.0384. The molecule has 1 heterocycles. The van der Waals surface area contributed by atoms with Crippen LogP contribution in [0.3, 0.4) is 0 Å². The van der Waals surface area contributed by atoms with Crippen molar-refractivity contribution in [2.24, 2.45) is 11.8 Å². The fourth-order valence-corrected chi connectivity index (χ4v) is 2.94. The van der Waals surface area contributed by atoms with Crippen LogP contribution in [0, 0.1) is 11.8 Å². The van der Waals surface area contributed by atoms with Crippen LogP contribution in [0.25, 0.3) is 0 Å². The van der Waals surface area contributed by atoms with Crippen molar-refractivity contribution in [1.29, 1.82) is 0 Å². The van der Waals surface area contributed by atoms with Gasteiger partial charge >= 0.3 is 0 Å². The fourth-order valence-electron chi connectivity index (χ4n) is 2.94. The maximum Gasteiger partial charge on any atom is 0.288 e. The summed E-state index contributed by atoms with van der Waals surface area (Å²) in [5.41, 5.74) is 1.90. The van der Waals surface area contributed by atoms with Gasteiger partial charge in [0.15, 0.2) is 5.76 Å². The van der Waals surface area contributed by atoms with Crippen LogP contribution >= 0.6 is 0 Å². The minimum atomic E-state index is -0.392. The van der Waals surface area contributed by atoms with Gasteiger partial charge in [0.1, 0.15) is 0 Å². The number of ether oxygens (including phenoxy) is 2. The van der Waals surface area contributed by atoms with Crippen molar-refractivity contribution < 1.29 is 19.4 Å². The van der Waals surface area contributed by atoms with Gasteiger partial charge in [-0.15, -0.1) is 0 Å². The molecule has 1 aromatic carbocycles. The van der Waals surface area contributed by atoms with Crippen molar-refractivity contribution in [3.05, 3.63) is 47.2 Å². The van der Waals surface area contributed by atoms with Crippen LogP contribution in [0.2, 0.25) is 0 Å². The van der Waals surface area contributed by atoms with Crippen molar-refractivity contribution in [3.63, 3.8) is 0 Å². The molecule has 1 aliphatic heterocycles. The van der Waals surface area contributed by atoms with Gasteiger partial charge in [0.2, 0.25) is 6.29 Å². The molecule has 1 aliphatic carbocycles. The molecule has 130 valence electrons. The number of hydrogen-bond donors (Lipinski definition) is 1. The summed E-state index contributed by atoms with van der Waals surface area (Å²) in [5.74, 6) is 1.32. The van der Waals surface area contributed by atoms with E-state index >= 15 is 0 Å². The number of hydrogen-bond acceptors (Lipinski definition) is 4. The van der Waals surface area contributed by atoms with Gasteiger partial charge in [-0.2, -0.15) is 0 Å². The number of aliphatic hydroxyl groups is 1. The SMILES string of the molecule is CN(C)C(=O)C1=C[C@@H](C2CC2)C[C@@H](OCc2ccc(CO)cc2)O1. The average molecular weight is 331 g/mol. The van der Waals surface area contributed by atoms with E-state index < -0.39 is 6.29 Å². The summed E-state index contributed by atoms with van der Waals surface area (Å²) < 4.78 is 11.7. The Morgan fingerprint density at radius 1 is 1.25 bits per heavy atom. The van der Waals surface area contributed by atoms with Crippen LogP contribution < -0.4 is 0 Å². The van der Waals surface area contributed by atoms with E-state index in [1.54, 1.807) is 14.1 Å². The Hall–Kier alpha value is -1.85. The third kappa shape index (κ3) is 4.16. The Morgan fingerprint density at radius 3 is 2.50 bits per heavy atom. The first-order valence-corrected chi connectivity index (χ1v) is 8.47. The lowest BCUT2D eigenvalue weighted by molar-refractivity contribution is -0.158. The molecule has 1 fully saturated rings. The monoisotopic (exact) mass is 331 g/mol. The third-order valence-electron chi connectivity index (χ3n) is 4.57. The van der Waals surface area contributed by atoms with Crippen LogP contribution in [-0.2, 0) is 27.5 Å². The van der Waals surface area contributed by atoms with Crippen LogP contribution in [0.4, 0.5) is 0 Å². The van der Waals surface area contributed by atoms with Gasteiger partial charge in [-0.25, -0.2) is 0 Å². The zero-order valence-electron chi connectivity index (χ0n) is 14.3. The molecule has 3 rings (SSSR count). The van der Waals surface area contributed by atoms with E-state index in [9.17, 15) is 4.79 Å².